The summed E-state index contributed by atoms with van der Waals surface area (Å²) in [6.45, 7) is 3.81. The zero-order valence-corrected chi connectivity index (χ0v) is 16.6. The SMILES string of the molecule is CCc1c(C(N)=O)ccc(C)c1-c1cc2[nH]nc(-c3ccc(Cl)nc3)c2cc1F. The van der Waals surface area contributed by atoms with Crippen molar-refractivity contribution in [2.45, 2.75) is 20.3 Å². The summed E-state index contributed by atoms with van der Waals surface area (Å²) in [5.41, 5.74) is 10.6. The van der Waals surface area contributed by atoms with Gasteiger partial charge >= 0.3 is 0 Å². The van der Waals surface area contributed by atoms with Gasteiger partial charge in [0.15, 0.2) is 0 Å². The minimum Gasteiger partial charge on any atom is -0.366 e. The summed E-state index contributed by atoms with van der Waals surface area (Å²) in [6, 6.07) is 10.1. The third-order valence-electron chi connectivity index (χ3n) is 5.06. The summed E-state index contributed by atoms with van der Waals surface area (Å²) in [5.74, 6) is -0.926. The first-order valence-electron chi connectivity index (χ1n) is 9.13. The van der Waals surface area contributed by atoms with Crippen LogP contribution in [0.5, 0.6) is 0 Å². The van der Waals surface area contributed by atoms with Crippen LogP contribution in [0.3, 0.4) is 0 Å². The Morgan fingerprint density at radius 2 is 2.03 bits per heavy atom. The number of hydrogen-bond donors (Lipinski definition) is 2. The van der Waals surface area contributed by atoms with Crippen LogP contribution in [-0.2, 0) is 6.42 Å². The van der Waals surface area contributed by atoms with Crippen LogP contribution in [0, 0.1) is 12.7 Å². The Balaban J connectivity index is 1.94. The zero-order valence-electron chi connectivity index (χ0n) is 15.9. The lowest BCUT2D eigenvalue weighted by molar-refractivity contribution is 0.0999. The molecule has 4 rings (SSSR count). The number of rotatable bonds is 4. The molecule has 0 aliphatic carbocycles. The predicted molar refractivity (Wildman–Crippen MR) is 112 cm³/mol. The molecule has 0 saturated carbocycles. The second-order valence-corrected chi connectivity index (χ2v) is 7.21. The predicted octanol–water partition coefficient (Wildman–Crippen LogP) is 5.05. The molecular weight excluding hydrogens is 391 g/mol. The fourth-order valence-corrected chi connectivity index (χ4v) is 3.82. The number of H-pyrrole nitrogens is 1. The Labute approximate surface area is 171 Å². The fraction of sp³-hybridized carbons (Fsp3) is 0.136. The molecule has 0 atom stereocenters. The average Bonchev–Trinajstić information content (AvgIpc) is 3.10. The van der Waals surface area contributed by atoms with Crippen molar-refractivity contribution < 1.29 is 9.18 Å². The van der Waals surface area contributed by atoms with Gasteiger partial charge in [0.2, 0.25) is 5.91 Å². The molecule has 2 heterocycles. The molecular formula is C22H18ClFN4O. The summed E-state index contributed by atoms with van der Waals surface area (Å²) < 4.78 is 15.3. The van der Waals surface area contributed by atoms with E-state index in [0.29, 0.717) is 44.9 Å². The van der Waals surface area contributed by atoms with Gasteiger partial charge in [0, 0.05) is 28.3 Å². The number of carbonyl (C=O) groups excluding carboxylic acids is 1. The number of halogens is 2. The molecule has 1 amide bonds. The van der Waals surface area contributed by atoms with Crippen LogP contribution in [0.1, 0.15) is 28.4 Å². The monoisotopic (exact) mass is 408 g/mol. The van der Waals surface area contributed by atoms with Gasteiger partial charge in [0.25, 0.3) is 0 Å². The van der Waals surface area contributed by atoms with Gasteiger partial charge in [-0.05, 0) is 60.4 Å². The van der Waals surface area contributed by atoms with E-state index in [0.717, 1.165) is 16.7 Å². The summed E-state index contributed by atoms with van der Waals surface area (Å²) in [4.78, 5) is 15.9. The Kier molecular flexibility index (Phi) is 4.80. The number of amides is 1. The topological polar surface area (TPSA) is 84.7 Å². The highest BCUT2D eigenvalue weighted by Crippen LogP contribution is 2.36. The number of primary amides is 1. The van der Waals surface area contributed by atoms with Crippen molar-refractivity contribution in [2.24, 2.45) is 5.73 Å². The van der Waals surface area contributed by atoms with Crippen molar-refractivity contribution in [1.82, 2.24) is 15.2 Å². The Bertz CT molecular complexity index is 1250. The molecule has 2 aromatic carbocycles. The van der Waals surface area contributed by atoms with Crippen LogP contribution >= 0.6 is 11.6 Å². The van der Waals surface area contributed by atoms with Crippen molar-refractivity contribution in [1.29, 1.82) is 0 Å². The third kappa shape index (κ3) is 3.25. The Morgan fingerprint density at radius 1 is 1.24 bits per heavy atom. The molecule has 0 aliphatic rings. The van der Waals surface area contributed by atoms with Crippen LogP contribution in [-0.4, -0.2) is 21.1 Å². The summed E-state index contributed by atoms with van der Waals surface area (Å²) in [7, 11) is 0. The quantitative estimate of drug-likeness (QED) is 0.463. The first kappa shape index (κ1) is 19.1. The van der Waals surface area contributed by atoms with E-state index in [-0.39, 0.29) is 0 Å². The molecule has 29 heavy (non-hydrogen) atoms. The number of fused-ring (bicyclic) bond motifs is 1. The smallest absolute Gasteiger partial charge is 0.248 e. The fourth-order valence-electron chi connectivity index (χ4n) is 3.70. The first-order chi connectivity index (χ1) is 13.9. The first-order valence-corrected chi connectivity index (χ1v) is 9.50. The number of hydrogen-bond acceptors (Lipinski definition) is 3. The van der Waals surface area contributed by atoms with Gasteiger partial charge in [-0.25, -0.2) is 9.37 Å². The number of aromatic amines is 1. The lowest BCUT2D eigenvalue weighted by atomic mass is 9.89. The van der Waals surface area contributed by atoms with E-state index in [1.807, 2.05) is 13.8 Å². The molecule has 0 unspecified atom stereocenters. The minimum atomic E-state index is -0.524. The lowest BCUT2D eigenvalue weighted by Gasteiger charge is -2.16. The maximum Gasteiger partial charge on any atom is 0.248 e. The van der Waals surface area contributed by atoms with E-state index in [1.54, 1.807) is 36.5 Å². The highest BCUT2D eigenvalue weighted by molar-refractivity contribution is 6.29. The lowest BCUT2D eigenvalue weighted by Crippen LogP contribution is -2.14. The van der Waals surface area contributed by atoms with Gasteiger partial charge in [-0.1, -0.05) is 24.6 Å². The molecule has 7 heteroatoms. The van der Waals surface area contributed by atoms with E-state index in [1.165, 1.54) is 6.07 Å². The second kappa shape index (κ2) is 7.29. The van der Waals surface area contributed by atoms with Crippen molar-refractivity contribution in [3.05, 3.63) is 70.3 Å². The van der Waals surface area contributed by atoms with E-state index < -0.39 is 11.7 Å². The average molecular weight is 409 g/mol. The van der Waals surface area contributed by atoms with Crippen molar-refractivity contribution in [3.8, 4) is 22.4 Å². The summed E-state index contributed by atoms with van der Waals surface area (Å²) in [6.07, 6.45) is 2.15. The highest BCUT2D eigenvalue weighted by Gasteiger charge is 2.20. The highest BCUT2D eigenvalue weighted by atomic mass is 35.5. The molecule has 3 N–H and O–H groups in total. The van der Waals surface area contributed by atoms with E-state index >= 15 is 4.39 Å². The van der Waals surface area contributed by atoms with Gasteiger partial charge in [-0.15, -0.1) is 0 Å². The van der Waals surface area contributed by atoms with Crippen LogP contribution < -0.4 is 5.73 Å². The zero-order chi connectivity index (χ0) is 20.7. The summed E-state index contributed by atoms with van der Waals surface area (Å²) in [5, 5.41) is 8.31. The van der Waals surface area contributed by atoms with Gasteiger partial charge in [-0.2, -0.15) is 5.10 Å². The molecule has 0 aliphatic heterocycles. The summed E-state index contributed by atoms with van der Waals surface area (Å²) >= 11 is 5.85. The van der Waals surface area contributed by atoms with E-state index in [4.69, 9.17) is 17.3 Å². The number of aryl methyl sites for hydroxylation is 1. The van der Waals surface area contributed by atoms with E-state index in [9.17, 15) is 4.79 Å². The van der Waals surface area contributed by atoms with Crippen LogP contribution in [0.25, 0.3) is 33.3 Å². The van der Waals surface area contributed by atoms with Gasteiger partial charge in [0.1, 0.15) is 16.7 Å². The molecule has 5 nitrogen and oxygen atoms in total. The van der Waals surface area contributed by atoms with Crippen molar-refractivity contribution in [2.75, 3.05) is 0 Å². The van der Waals surface area contributed by atoms with Crippen molar-refractivity contribution in [3.63, 3.8) is 0 Å². The maximum atomic E-state index is 15.3. The maximum absolute atomic E-state index is 15.3. The minimum absolute atomic E-state index is 0.374. The molecule has 0 bridgehead atoms. The standard InChI is InChI=1S/C22H18ClFN4O/c1-3-13-14(22(25)29)6-4-11(2)20(13)15-9-18-16(8-17(15)24)21(28-27-18)12-5-7-19(23)26-10-12/h4-10H,3H2,1-2H3,(H2,25,29)(H,27,28). The number of nitrogens with two attached hydrogens (primary N) is 1. The molecule has 2 aromatic heterocycles. The van der Waals surface area contributed by atoms with Gasteiger partial charge in [-0.3, -0.25) is 9.89 Å². The molecule has 0 spiro atoms. The number of benzene rings is 2. The molecule has 0 radical (unpaired) electrons. The number of nitrogens with one attached hydrogen (secondary N) is 1. The van der Waals surface area contributed by atoms with Crippen molar-refractivity contribution >= 4 is 28.4 Å². The second-order valence-electron chi connectivity index (χ2n) is 6.82. The number of nitrogens with zero attached hydrogens (tertiary/aromatic N) is 2. The van der Waals surface area contributed by atoms with Crippen LogP contribution in [0.15, 0.2) is 42.6 Å². The van der Waals surface area contributed by atoms with E-state index in [2.05, 4.69) is 15.2 Å². The van der Waals surface area contributed by atoms with Crippen LogP contribution in [0.2, 0.25) is 5.15 Å². The molecule has 146 valence electrons. The number of aromatic nitrogens is 3. The number of pyridine rings is 1. The molecule has 4 aromatic rings. The van der Waals surface area contributed by atoms with Crippen LogP contribution in [0.4, 0.5) is 4.39 Å². The molecule has 0 fully saturated rings. The number of carbonyl (C=O) groups is 1. The Morgan fingerprint density at radius 3 is 2.69 bits per heavy atom. The molecule has 0 saturated heterocycles. The van der Waals surface area contributed by atoms with Gasteiger partial charge in [0.05, 0.1) is 5.52 Å². The largest absolute Gasteiger partial charge is 0.366 e. The Hall–Kier alpha value is -3.25. The third-order valence-corrected chi connectivity index (χ3v) is 5.28. The normalized spacial score (nSPS) is 11.2. The van der Waals surface area contributed by atoms with Gasteiger partial charge < -0.3 is 5.73 Å².